The Morgan fingerprint density at radius 2 is 2.11 bits per heavy atom. The summed E-state index contributed by atoms with van der Waals surface area (Å²) in [4.78, 5) is 0. The van der Waals surface area contributed by atoms with Gasteiger partial charge in [0.25, 0.3) is 10.0 Å². The Kier molecular flexibility index (Phi) is 4.89. The highest BCUT2D eigenvalue weighted by Gasteiger charge is 2.26. The van der Waals surface area contributed by atoms with E-state index in [9.17, 15) is 8.42 Å². The largest absolute Gasteiger partial charge is 0.317 e. The molecule has 0 aromatic carbocycles. The first-order chi connectivity index (χ1) is 8.91. The third-order valence-electron chi connectivity index (χ3n) is 3.47. The van der Waals surface area contributed by atoms with Gasteiger partial charge in [-0.25, -0.2) is 8.42 Å². The first kappa shape index (κ1) is 15.3. The number of halogens is 1. The summed E-state index contributed by atoms with van der Waals surface area (Å²) in [5, 5.41) is 3.29. The standard InChI is InChI=1S/C12H19ClN2O2S2/c1-9-7-11(18-12(9)13)19(16,17)15(2)8-10-3-5-14-6-4-10/h7,10,14H,3-6,8H2,1-2H3. The molecule has 7 heteroatoms. The van der Waals surface area contributed by atoms with Crippen LogP contribution in [0.3, 0.4) is 0 Å². The normalized spacial score (nSPS) is 18.1. The molecular formula is C12H19ClN2O2S2. The van der Waals surface area contributed by atoms with Crippen molar-refractivity contribution in [2.45, 2.75) is 24.0 Å². The minimum Gasteiger partial charge on any atom is -0.317 e. The summed E-state index contributed by atoms with van der Waals surface area (Å²) >= 11 is 7.09. The lowest BCUT2D eigenvalue weighted by atomic mass is 9.98. The zero-order valence-corrected chi connectivity index (χ0v) is 13.5. The van der Waals surface area contributed by atoms with E-state index in [2.05, 4.69) is 5.32 Å². The van der Waals surface area contributed by atoms with Gasteiger partial charge in [-0.15, -0.1) is 11.3 Å². The van der Waals surface area contributed by atoms with Crippen LogP contribution in [-0.2, 0) is 10.0 Å². The van der Waals surface area contributed by atoms with Crippen molar-refractivity contribution >= 4 is 33.0 Å². The monoisotopic (exact) mass is 322 g/mol. The lowest BCUT2D eigenvalue weighted by Crippen LogP contribution is -2.37. The van der Waals surface area contributed by atoms with E-state index in [0.717, 1.165) is 42.8 Å². The highest BCUT2D eigenvalue weighted by molar-refractivity contribution is 7.91. The van der Waals surface area contributed by atoms with E-state index in [1.165, 1.54) is 4.31 Å². The molecule has 0 spiro atoms. The molecule has 1 aliphatic heterocycles. The van der Waals surface area contributed by atoms with E-state index in [4.69, 9.17) is 11.6 Å². The highest BCUT2D eigenvalue weighted by atomic mass is 35.5. The van der Waals surface area contributed by atoms with Crippen LogP contribution in [0.1, 0.15) is 18.4 Å². The molecular weight excluding hydrogens is 304 g/mol. The minimum absolute atomic E-state index is 0.339. The van der Waals surface area contributed by atoms with Crippen molar-refractivity contribution in [3.05, 3.63) is 16.0 Å². The predicted octanol–water partition coefficient (Wildman–Crippen LogP) is 2.33. The maximum atomic E-state index is 12.4. The smallest absolute Gasteiger partial charge is 0.252 e. The maximum Gasteiger partial charge on any atom is 0.252 e. The summed E-state index contributed by atoms with van der Waals surface area (Å²) in [7, 11) is -1.74. The third-order valence-corrected chi connectivity index (χ3v) is 7.30. The lowest BCUT2D eigenvalue weighted by molar-refractivity contribution is 0.311. The number of rotatable bonds is 4. The van der Waals surface area contributed by atoms with E-state index in [1.807, 2.05) is 6.92 Å². The fourth-order valence-corrected chi connectivity index (χ4v) is 5.40. The third kappa shape index (κ3) is 3.49. The number of aryl methyl sites for hydroxylation is 1. The van der Waals surface area contributed by atoms with Crippen LogP contribution in [-0.4, -0.2) is 39.4 Å². The molecule has 1 N–H and O–H groups in total. The summed E-state index contributed by atoms with van der Waals surface area (Å²) in [5.41, 5.74) is 0.820. The van der Waals surface area contributed by atoms with E-state index in [0.29, 0.717) is 21.0 Å². The van der Waals surface area contributed by atoms with Gasteiger partial charge in [0.05, 0.1) is 4.34 Å². The zero-order valence-electron chi connectivity index (χ0n) is 11.1. The maximum absolute atomic E-state index is 12.4. The molecule has 1 aromatic rings. The number of thiophene rings is 1. The first-order valence-corrected chi connectivity index (χ1v) is 8.97. The molecule has 2 heterocycles. The molecule has 1 fully saturated rings. The van der Waals surface area contributed by atoms with Crippen molar-refractivity contribution in [2.24, 2.45) is 5.92 Å². The average Bonchev–Trinajstić information content (AvgIpc) is 2.71. The Balaban J connectivity index is 2.10. The van der Waals surface area contributed by atoms with Gasteiger partial charge >= 0.3 is 0 Å². The van der Waals surface area contributed by atoms with Crippen LogP contribution in [0, 0.1) is 12.8 Å². The predicted molar refractivity (Wildman–Crippen MR) is 79.5 cm³/mol. The van der Waals surface area contributed by atoms with E-state index >= 15 is 0 Å². The molecule has 0 atom stereocenters. The summed E-state index contributed by atoms with van der Waals surface area (Å²) in [6.07, 6.45) is 2.06. The molecule has 0 aliphatic carbocycles. The second-order valence-corrected chi connectivity index (χ2v) is 8.93. The van der Waals surface area contributed by atoms with Crippen LogP contribution < -0.4 is 5.32 Å². The van der Waals surface area contributed by atoms with Crippen LogP contribution in [0.2, 0.25) is 4.34 Å². The van der Waals surface area contributed by atoms with Crippen molar-refractivity contribution in [3.8, 4) is 0 Å². The van der Waals surface area contributed by atoms with E-state index < -0.39 is 10.0 Å². The summed E-state index contributed by atoms with van der Waals surface area (Å²) in [6.45, 7) is 4.36. The second kappa shape index (κ2) is 6.10. The molecule has 1 saturated heterocycles. The van der Waals surface area contributed by atoms with Crippen LogP contribution in [0.4, 0.5) is 0 Å². The zero-order chi connectivity index (χ0) is 14.0. The molecule has 2 rings (SSSR count). The fourth-order valence-electron chi connectivity index (χ4n) is 2.24. The lowest BCUT2D eigenvalue weighted by Gasteiger charge is -2.26. The Morgan fingerprint density at radius 3 is 2.63 bits per heavy atom. The summed E-state index contributed by atoms with van der Waals surface area (Å²) in [6, 6.07) is 1.65. The first-order valence-electron chi connectivity index (χ1n) is 6.34. The van der Waals surface area contributed by atoms with Gasteiger partial charge in [0, 0.05) is 13.6 Å². The van der Waals surface area contributed by atoms with Gasteiger partial charge in [-0.05, 0) is 50.4 Å². The van der Waals surface area contributed by atoms with Crippen molar-refractivity contribution in [1.82, 2.24) is 9.62 Å². The number of piperidine rings is 1. The summed E-state index contributed by atoms with van der Waals surface area (Å²) < 4.78 is 27.2. The molecule has 108 valence electrons. The van der Waals surface area contributed by atoms with E-state index in [1.54, 1.807) is 13.1 Å². The summed E-state index contributed by atoms with van der Waals surface area (Å²) in [5.74, 6) is 0.442. The average molecular weight is 323 g/mol. The van der Waals surface area contributed by atoms with Gasteiger partial charge in [0.1, 0.15) is 4.21 Å². The Labute approximate surface area is 123 Å². The highest BCUT2D eigenvalue weighted by Crippen LogP contribution is 2.32. The number of sulfonamides is 1. The van der Waals surface area contributed by atoms with Gasteiger partial charge in [0.2, 0.25) is 0 Å². The van der Waals surface area contributed by atoms with Gasteiger partial charge in [-0.2, -0.15) is 4.31 Å². The Bertz CT molecular complexity index is 516. The Morgan fingerprint density at radius 1 is 1.47 bits per heavy atom. The van der Waals surface area contributed by atoms with Crippen molar-refractivity contribution < 1.29 is 8.42 Å². The van der Waals surface area contributed by atoms with Crippen molar-refractivity contribution in [3.63, 3.8) is 0 Å². The van der Waals surface area contributed by atoms with Crippen molar-refractivity contribution in [2.75, 3.05) is 26.7 Å². The van der Waals surface area contributed by atoms with Crippen LogP contribution in [0.25, 0.3) is 0 Å². The number of hydrogen-bond donors (Lipinski definition) is 1. The number of nitrogens with one attached hydrogen (secondary N) is 1. The van der Waals surface area contributed by atoms with Crippen LogP contribution in [0.5, 0.6) is 0 Å². The fraction of sp³-hybridized carbons (Fsp3) is 0.667. The molecule has 0 saturated carbocycles. The molecule has 0 amide bonds. The molecule has 1 aromatic heterocycles. The van der Waals surface area contributed by atoms with Gasteiger partial charge < -0.3 is 5.32 Å². The number of nitrogens with zero attached hydrogens (tertiary/aromatic N) is 1. The Hall–Kier alpha value is -0.140. The van der Waals surface area contributed by atoms with Crippen LogP contribution >= 0.6 is 22.9 Å². The van der Waals surface area contributed by atoms with Gasteiger partial charge in [-0.3, -0.25) is 0 Å². The number of hydrogen-bond acceptors (Lipinski definition) is 4. The topological polar surface area (TPSA) is 49.4 Å². The second-order valence-electron chi connectivity index (χ2n) is 5.00. The molecule has 1 aliphatic rings. The molecule has 0 radical (unpaired) electrons. The molecule has 4 nitrogen and oxygen atoms in total. The molecule has 19 heavy (non-hydrogen) atoms. The van der Waals surface area contributed by atoms with Gasteiger partial charge in [0.15, 0.2) is 0 Å². The SMILES string of the molecule is Cc1cc(S(=O)(=O)N(C)CC2CCNCC2)sc1Cl. The molecule has 0 unspecified atom stereocenters. The quantitative estimate of drug-likeness (QED) is 0.925. The van der Waals surface area contributed by atoms with E-state index in [-0.39, 0.29) is 0 Å². The van der Waals surface area contributed by atoms with Gasteiger partial charge in [-0.1, -0.05) is 11.6 Å². The minimum atomic E-state index is -3.39. The van der Waals surface area contributed by atoms with Crippen LogP contribution in [0.15, 0.2) is 10.3 Å². The molecule has 0 bridgehead atoms. The van der Waals surface area contributed by atoms with Crippen molar-refractivity contribution in [1.29, 1.82) is 0 Å².